The van der Waals surface area contributed by atoms with Gasteiger partial charge in [-0.05, 0) is 90.6 Å². The molecular formula is C34H31N5O3. The van der Waals surface area contributed by atoms with Crippen molar-refractivity contribution in [3.05, 3.63) is 113 Å². The first-order chi connectivity index (χ1) is 20.5. The van der Waals surface area contributed by atoms with Gasteiger partial charge in [0.25, 0.3) is 5.91 Å². The molecule has 0 saturated heterocycles. The van der Waals surface area contributed by atoms with Crippen LogP contribution in [0.25, 0.3) is 27.9 Å². The van der Waals surface area contributed by atoms with Crippen LogP contribution in [0.2, 0.25) is 0 Å². The van der Waals surface area contributed by atoms with E-state index in [2.05, 4.69) is 40.9 Å². The van der Waals surface area contributed by atoms with Gasteiger partial charge in [-0.1, -0.05) is 41.6 Å². The number of fused-ring (bicyclic) bond motifs is 1. The lowest BCUT2D eigenvalue weighted by Crippen LogP contribution is -2.34. The van der Waals surface area contributed by atoms with Crippen LogP contribution in [0.15, 0.2) is 96.3 Å². The number of hydrogen-bond acceptors (Lipinski definition) is 6. The highest BCUT2D eigenvalue weighted by Gasteiger charge is 2.45. The Balaban J connectivity index is 1.28. The second kappa shape index (κ2) is 10.4. The SMILES string of the molecule is COc1ccc(-c2nn3ccc(-c4cc(C(=O)NC5(c6ccccc6)CC5)ccc4C)cc3c2C2=NOCCN2)cc1. The standard InChI is InChI=1S/C34H31N5O3/c1-22-8-9-25(33(40)36-34(15-16-34)26-6-4-3-5-7-26)20-28(22)24-14-18-39-29(21-24)30(32-35-17-19-42-38-32)31(37-39)23-10-12-27(41-2)13-11-23/h3-14,18,20-21H,15-17,19H2,1-2H3,(H,35,38)(H,36,40). The maximum atomic E-state index is 13.5. The quantitative estimate of drug-likeness (QED) is 0.269. The van der Waals surface area contributed by atoms with E-state index in [1.54, 1.807) is 7.11 Å². The van der Waals surface area contributed by atoms with Gasteiger partial charge in [0.1, 0.15) is 18.1 Å². The highest BCUT2D eigenvalue weighted by atomic mass is 16.6. The first-order valence-electron chi connectivity index (χ1n) is 14.1. The smallest absolute Gasteiger partial charge is 0.251 e. The number of carbonyl (C=O) groups is 1. The van der Waals surface area contributed by atoms with Gasteiger partial charge < -0.3 is 20.2 Å². The van der Waals surface area contributed by atoms with Gasteiger partial charge in [0.2, 0.25) is 0 Å². The Bertz CT molecular complexity index is 1820. The number of benzene rings is 3. The Labute approximate surface area is 244 Å². The fourth-order valence-corrected chi connectivity index (χ4v) is 5.62. The van der Waals surface area contributed by atoms with Gasteiger partial charge in [-0.3, -0.25) is 4.79 Å². The third kappa shape index (κ3) is 4.64. The Morgan fingerprint density at radius 2 is 1.81 bits per heavy atom. The van der Waals surface area contributed by atoms with Crippen LogP contribution in [0.4, 0.5) is 0 Å². The average molecular weight is 558 g/mol. The molecule has 7 rings (SSSR count). The van der Waals surface area contributed by atoms with Crippen molar-refractivity contribution in [2.75, 3.05) is 20.3 Å². The molecule has 1 aliphatic heterocycles. The van der Waals surface area contributed by atoms with E-state index in [0.717, 1.165) is 63.2 Å². The molecule has 42 heavy (non-hydrogen) atoms. The molecule has 8 heteroatoms. The fourth-order valence-electron chi connectivity index (χ4n) is 5.62. The summed E-state index contributed by atoms with van der Waals surface area (Å²) in [5.41, 5.74) is 8.02. The monoisotopic (exact) mass is 557 g/mol. The fraction of sp³-hybridized carbons (Fsp3) is 0.206. The number of methoxy groups -OCH3 is 1. The summed E-state index contributed by atoms with van der Waals surface area (Å²) in [5.74, 6) is 1.35. The molecule has 2 aromatic heterocycles. The van der Waals surface area contributed by atoms with Crippen LogP contribution in [-0.4, -0.2) is 41.6 Å². The number of rotatable bonds is 7. The first-order valence-corrected chi connectivity index (χ1v) is 14.1. The van der Waals surface area contributed by atoms with Crippen molar-refractivity contribution in [3.8, 4) is 28.1 Å². The summed E-state index contributed by atoms with van der Waals surface area (Å²) in [4.78, 5) is 18.9. The van der Waals surface area contributed by atoms with Crippen molar-refractivity contribution >= 4 is 17.3 Å². The molecule has 8 nitrogen and oxygen atoms in total. The molecule has 1 saturated carbocycles. The van der Waals surface area contributed by atoms with Crippen LogP contribution in [-0.2, 0) is 10.4 Å². The lowest BCUT2D eigenvalue weighted by molar-refractivity contribution is 0.0931. The minimum Gasteiger partial charge on any atom is -0.497 e. The van der Waals surface area contributed by atoms with Crippen molar-refractivity contribution in [3.63, 3.8) is 0 Å². The lowest BCUT2D eigenvalue weighted by atomic mass is 9.97. The average Bonchev–Trinajstić information content (AvgIpc) is 3.73. The molecule has 2 N–H and O–H groups in total. The predicted molar refractivity (Wildman–Crippen MR) is 163 cm³/mol. The van der Waals surface area contributed by atoms with E-state index in [0.29, 0.717) is 24.6 Å². The van der Waals surface area contributed by atoms with Gasteiger partial charge in [-0.2, -0.15) is 5.10 Å². The highest BCUT2D eigenvalue weighted by Crippen LogP contribution is 2.45. The molecule has 1 aliphatic carbocycles. The topological polar surface area (TPSA) is 89.3 Å². The zero-order chi connectivity index (χ0) is 28.7. The van der Waals surface area contributed by atoms with Crippen molar-refractivity contribution in [2.45, 2.75) is 25.3 Å². The van der Waals surface area contributed by atoms with E-state index in [4.69, 9.17) is 14.7 Å². The second-order valence-corrected chi connectivity index (χ2v) is 10.8. The molecule has 3 heterocycles. The molecule has 210 valence electrons. The molecule has 1 fully saturated rings. The van der Waals surface area contributed by atoms with Gasteiger partial charge in [0, 0.05) is 17.3 Å². The van der Waals surface area contributed by atoms with E-state index < -0.39 is 0 Å². The van der Waals surface area contributed by atoms with Gasteiger partial charge in [0.15, 0.2) is 5.84 Å². The Hall–Kier alpha value is -5.11. The number of carbonyl (C=O) groups excluding carboxylic acids is 1. The number of aromatic nitrogens is 2. The number of nitrogens with zero attached hydrogens (tertiary/aromatic N) is 3. The van der Waals surface area contributed by atoms with Crippen LogP contribution in [0, 0.1) is 6.92 Å². The molecule has 0 spiro atoms. The molecule has 0 unspecified atom stereocenters. The second-order valence-electron chi connectivity index (χ2n) is 10.8. The van der Waals surface area contributed by atoms with Crippen molar-refractivity contribution < 1.29 is 14.4 Å². The zero-order valence-corrected chi connectivity index (χ0v) is 23.6. The molecule has 0 atom stereocenters. The lowest BCUT2D eigenvalue weighted by Gasteiger charge is -2.19. The number of pyridine rings is 1. The van der Waals surface area contributed by atoms with E-state index in [1.165, 1.54) is 0 Å². The number of amidine groups is 1. The number of nitrogens with one attached hydrogen (secondary N) is 2. The van der Waals surface area contributed by atoms with Gasteiger partial charge >= 0.3 is 0 Å². The number of oxime groups is 1. The van der Waals surface area contributed by atoms with Gasteiger partial charge in [-0.15, -0.1) is 0 Å². The maximum Gasteiger partial charge on any atom is 0.251 e. The van der Waals surface area contributed by atoms with Crippen molar-refractivity contribution in [2.24, 2.45) is 5.16 Å². The van der Waals surface area contributed by atoms with Crippen LogP contribution < -0.4 is 15.4 Å². The summed E-state index contributed by atoms with van der Waals surface area (Å²) in [6.07, 6.45) is 3.84. The highest BCUT2D eigenvalue weighted by molar-refractivity contribution is 6.10. The summed E-state index contributed by atoms with van der Waals surface area (Å²) >= 11 is 0. The van der Waals surface area contributed by atoms with Gasteiger partial charge in [-0.25, -0.2) is 4.52 Å². The van der Waals surface area contributed by atoms with Gasteiger partial charge in [0.05, 0.1) is 30.3 Å². The minimum absolute atomic E-state index is 0.0663. The normalized spacial score (nSPS) is 15.3. The van der Waals surface area contributed by atoms with E-state index >= 15 is 0 Å². The van der Waals surface area contributed by atoms with Crippen LogP contribution in [0.5, 0.6) is 5.75 Å². The van der Waals surface area contributed by atoms with Crippen LogP contribution in [0.3, 0.4) is 0 Å². The summed E-state index contributed by atoms with van der Waals surface area (Å²) in [7, 11) is 1.65. The third-order valence-electron chi connectivity index (χ3n) is 8.12. The van der Waals surface area contributed by atoms with E-state index in [-0.39, 0.29) is 11.4 Å². The van der Waals surface area contributed by atoms with Crippen molar-refractivity contribution in [1.82, 2.24) is 20.2 Å². The molecule has 0 radical (unpaired) electrons. The zero-order valence-electron chi connectivity index (χ0n) is 23.6. The summed E-state index contributed by atoms with van der Waals surface area (Å²) in [6, 6.07) is 28.1. The number of amides is 1. The molecule has 2 aliphatic rings. The molecule has 1 amide bonds. The van der Waals surface area contributed by atoms with E-state index in [1.807, 2.05) is 77.4 Å². The molecule has 5 aromatic rings. The first kappa shape index (κ1) is 25.8. The van der Waals surface area contributed by atoms with Crippen molar-refractivity contribution in [1.29, 1.82) is 0 Å². The Kier molecular flexibility index (Phi) is 6.38. The summed E-state index contributed by atoms with van der Waals surface area (Å²) in [6.45, 7) is 3.22. The number of hydrogen-bond donors (Lipinski definition) is 2. The summed E-state index contributed by atoms with van der Waals surface area (Å²) < 4.78 is 7.22. The van der Waals surface area contributed by atoms with Crippen LogP contribution >= 0.6 is 0 Å². The maximum absolute atomic E-state index is 13.5. The Morgan fingerprint density at radius 1 is 1.00 bits per heavy atom. The third-order valence-corrected chi connectivity index (χ3v) is 8.12. The summed E-state index contributed by atoms with van der Waals surface area (Å²) in [5, 5.41) is 16.0. The minimum atomic E-state index is -0.275. The molecule has 3 aromatic carbocycles. The number of aryl methyl sites for hydroxylation is 1. The number of ether oxygens (including phenoxy) is 1. The Morgan fingerprint density at radius 3 is 2.52 bits per heavy atom. The largest absolute Gasteiger partial charge is 0.497 e. The molecular weight excluding hydrogens is 526 g/mol. The van der Waals surface area contributed by atoms with Crippen LogP contribution in [0.1, 0.15) is 39.9 Å². The predicted octanol–water partition coefficient (Wildman–Crippen LogP) is 5.69. The molecule has 0 bridgehead atoms. The van der Waals surface area contributed by atoms with E-state index in [9.17, 15) is 4.79 Å².